The van der Waals surface area contributed by atoms with Crippen LogP contribution in [0.1, 0.15) is 21.5 Å². The first-order chi connectivity index (χ1) is 8.61. The molecule has 0 aliphatic carbocycles. The van der Waals surface area contributed by atoms with Crippen LogP contribution in [0, 0.1) is 0 Å². The standard InChI is InChI=1S/C14H8Cl2O2/c15-10-7-5-9(6-8-10)14(16)12-4-2-1-3-11(12)13(17)18-14/h1-8H. The molecule has 4 heteroatoms. The van der Waals surface area contributed by atoms with Crippen LogP contribution in [0.15, 0.2) is 48.5 Å². The number of fused-ring (bicyclic) bond motifs is 1. The number of ether oxygens (including phenoxy) is 1. The monoisotopic (exact) mass is 278 g/mol. The first kappa shape index (κ1) is 11.6. The summed E-state index contributed by atoms with van der Waals surface area (Å²) in [6.45, 7) is 0. The summed E-state index contributed by atoms with van der Waals surface area (Å²) in [5.74, 6) is -0.407. The number of hydrogen-bond donors (Lipinski definition) is 0. The molecule has 90 valence electrons. The number of alkyl halides is 1. The summed E-state index contributed by atoms with van der Waals surface area (Å²) in [6.07, 6.45) is 0. The highest BCUT2D eigenvalue weighted by atomic mass is 35.5. The summed E-state index contributed by atoms with van der Waals surface area (Å²) < 4.78 is 5.33. The van der Waals surface area contributed by atoms with Gasteiger partial charge in [-0.05, 0) is 18.2 Å². The van der Waals surface area contributed by atoms with Gasteiger partial charge >= 0.3 is 5.97 Å². The van der Waals surface area contributed by atoms with Gasteiger partial charge in [-0.15, -0.1) is 0 Å². The fourth-order valence-electron chi connectivity index (χ4n) is 2.06. The molecule has 1 aliphatic heterocycles. The van der Waals surface area contributed by atoms with Gasteiger partial charge in [0.25, 0.3) is 0 Å². The fourth-order valence-corrected chi connectivity index (χ4v) is 2.54. The Morgan fingerprint density at radius 1 is 1.00 bits per heavy atom. The Morgan fingerprint density at radius 3 is 2.39 bits per heavy atom. The van der Waals surface area contributed by atoms with E-state index in [9.17, 15) is 4.79 Å². The number of hydrogen-bond acceptors (Lipinski definition) is 2. The second-order valence-corrected chi connectivity index (χ2v) is 5.01. The Bertz CT molecular complexity index is 622. The molecule has 1 heterocycles. The Balaban J connectivity index is 2.17. The molecule has 0 saturated carbocycles. The van der Waals surface area contributed by atoms with Gasteiger partial charge in [0.15, 0.2) is 0 Å². The van der Waals surface area contributed by atoms with Crippen LogP contribution in [-0.4, -0.2) is 5.97 Å². The minimum Gasteiger partial charge on any atom is -0.431 e. The molecule has 0 spiro atoms. The molecule has 2 nitrogen and oxygen atoms in total. The number of halogens is 2. The minimum absolute atomic E-state index is 0.407. The number of carbonyl (C=O) groups excluding carboxylic acids is 1. The lowest BCUT2D eigenvalue weighted by Crippen LogP contribution is -2.20. The second kappa shape index (κ2) is 4.01. The van der Waals surface area contributed by atoms with Gasteiger partial charge in [-0.2, -0.15) is 0 Å². The molecular weight excluding hydrogens is 271 g/mol. The minimum atomic E-state index is -1.25. The fraction of sp³-hybridized carbons (Fsp3) is 0.0714. The SMILES string of the molecule is O=C1OC(Cl)(c2ccc(Cl)cc2)c2ccccc21. The van der Waals surface area contributed by atoms with Gasteiger partial charge in [-0.1, -0.05) is 53.5 Å². The van der Waals surface area contributed by atoms with Crippen molar-refractivity contribution in [3.63, 3.8) is 0 Å². The van der Waals surface area contributed by atoms with Crippen molar-refractivity contribution in [3.05, 3.63) is 70.2 Å². The van der Waals surface area contributed by atoms with E-state index in [4.69, 9.17) is 27.9 Å². The van der Waals surface area contributed by atoms with Gasteiger partial charge in [-0.25, -0.2) is 4.79 Å². The zero-order valence-electron chi connectivity index (χ0n) is 9.19. The molecule has 0 fully saturated rings. The molecular formula is C14H8Cl2O2. The van der Waals surface area contributed by atoms with Gasteiger partial charge in [0.2, 0.25) is 5.06 Å². The molecule has 0 bridgehead atoms. The quantitative estimate of drug-likeness (QED) is 0.583. The zero-order chi connectivity index (χ0) is 12.8. The molecule has 2 aromatic rings. The number of cyclic esters (lactones) is 1. The van der Waals surface area contributed by atoms with Gasteiger partial charge in [0, 0.05) is 16.1 Å². The average molecular weight is 279 g/mol. The van der Waals surface area contributed by atoms with Crippen molar-refractivity contribution < 1.29 is 9.53 Å². The van der Waals surface area contributed by atoms with E-state index >= 15 is 0 Å². The topological polar surface area (TPSA) is 26.3 Å². The number of carbonyl (C=O) groups is 1. The van der Waals surface area contributed by atoms with Crippen LogP contribution >= 0.6 is 23.2 Å². The maximum Gasteiger partial charge on any atom is 0.340 e. The van der Waals surface area contributed by atoms with E-state index < -0.39 is 11.0 Å². The van der Waals surface area contributed by atoms with Crippen LogP contribution in [0.2, 0.25) is 5.02 Å². The number of rotatable bonds is 1. The molecule has 0 amide bonds. The molecule has 1 unspecified atom stereocenters. The third kappa shape index (κ3) is 1.61. The summed E-state index contributed by atoms with van der Waals surface area (Å²) in [6, 6.07) is 14.1. The molecule has 18 heavy (non-hydrogen) atoms. The maximum atomic E-state index is 11.8. The van der Waals surface area contributed by atoms with Crippen LogP contribution in [0.25, 0.3) is 0 Å². The average Bonchev–Trinajstić information content (AvgIpc) is 2.64. The van der Waals surface area contributed by atoms with Gasteiger partial charge in [-0.3, -0.25) is 0 Å². The van der Waals surface area contributed by atoms with E-state index in [1.54, 1.807) is 42.5 Å². The summed E-state index contributed by atoms with van der Waals surface area (Å²) in [5.41, 5.74) is 1.85. The van der Waals surface area contributed by atoms with Crippen molar-refractivity contribution in [2.75, 3.05) is 0 Å². The smallest absolute Gasteiger partial charge is 0.340 e. The molecule has 2 aromatic carbocycles. The Kier molecular flexibility index (Phi) is 2.58. The summed E-state index contributed by atoms with van der Waals surface area (Å²) in [4.78, 5) is 11.8. The van der Waals surface area contributed by atoms with Crippen LogP contribution in [0.5, 0.6) is 0 Å². The van der Waals surface area contributed by atoms with Gasteiger partial charge in [0.05, 0.1) is 5.56 Å². The third-order valence-corrected chi connectivity index (χ3v) is 3.69. The summed E-state index contributed by atoms with van der Waals surface area (Å²) >= 11 is 12.3. The van der Waals surface area contributed by atoms with Crippen LogP contribution in [-0.2, 0) is 9.80 Å². The number of benzene rings is 2. The first-order valence-corrected chi connectivity index (χ1v) is 6.14. The predicted octanol–water partition coefficient (Wildman–Crippen LogP) is 3.95. The first-order valence-electron chi connectivity index (χ1n) is 5.39. The van der Waals surface area contributed by atoms with E-state index in [1.165, 1.54) is 0 Å². The summed E-state index contributed by atoms with van der Waals surface area (Å²) in [7, 11) is 0. The van der Waals surface area contributed by atoms with Gasteiger partial charge < -0.3 is 4.74 Å². The van der Waals surface area contributed by atoms with E-state index in [2.05, 4.69) is 0 Å². The maximum absolute atomic E-state index is 11.8. The van der Waals surface area contributed by atoms with Crippen molar-refractivity contribution in [2.45, 2.75) is 5.06 Å². The highest BCUT2D eigenvalue weighted by Crippen LogP contribution is 2.45. The largest absolute Gasteiger partial charge is 0.431 e. The highest BCUT2D eigenvalue weighted by Gasteiger charge is 2.45. The van der Waals surface area contributed by atoms with E-state index in [-0.39, 0.29) is 0 Å². The van der Waals surface area contributed by atoms with Crippen molar-refractivity contribution in [1.82, 2.24) is 0 Å². The van der Waals surface area contributed by atoms with Crippen LogP contribution < -0.4 is 0 Å². The van der Waals surface area contributed by atoms with Crippen LogP contribution in [0.4, 0.5) is 0 Å². The second-order valence-electron chi connectivity index (χ2n) is 4.04. The molecule has 0 N–H and O–H groups in total. The Morgan fingerprint density at radius 2 is 1.67 bits per heavy atom. The zero-order valence-corrected chi connectivity index (χ0v) is 10.7. The van der Waals surface area contributed by atoms with Crippen molar-refractivity contribution in [1.29, 1.82) is 0 Å². The molecule has 1 atom stereocenters. The summed E-state index contributed by atoms with van der Waals surface area (Å²) in [5, 5.41) is -0.644. The molecule has 1 aliphatic rings. The predicted molar refractivity (Wildman–Crippen MR) is 69.9 cm³/mol. The Hall–Kier alpha value is -1.51. The molecule has 0 aromatic heterocycles. The molecule has 0 radical (unpaired) electrons. The normalized spacial score (nSPS) is 21.6. The molecule has 0 saturated heterocycles. The van der Waals surface area contributed by atoms with Crippen molar-refractivity contribution in [2.24, 2.45) is 0 Å². The lowest BCUT2D eigenvalue weighted by Gasteiger charge is -2.21. The van der Waals surface area contributed by atoms with Crippen molar-refractivity contribution in [3.8, 4) is 0 Å². The molecule has 3 rings (SSSR count). The van der Waals surface area contributed by atoms with E-state index in [1.807, 2.05) is 6.07 Å². The van der Waals surface area contributed by atoms with E-state index in [0.717, 1.165) is 0 Å². The lowest BCUT2D eigenvalue weighted by atomic mass is 9.99. The Labute approximate surface area is 114 Å². The highest BCUT2D eigenvalue weighted by molar-refractivity contribution is 6.31. The van der Waals surface area contributed by atoms with Crippen LogP contribution in [0.3, 0.4) is 0 Å². The van der Waals surface area contributed by atoms with Gasteiger partial charge in [0.1, 0.15) is 0 Å². The lowest BCUT2D eigenvalue weighted by molar-refractivity contribution is 0.0366. The third-order valence-electron chi connectivity index (χ3n) is 2.94. The van der Waals surface area contributed by atoms with Crippen molar-refractivity contribution >= 4 is 29.2 Å². The van der Waals surface area contributed by atoms with E-state index in [0.29, 0.717) is 21.7 Å². The number of esters is 1.